The molecule has 1 saturated carbocycles. The number of nitrogens with zero attached hydrogens (tertiary/aromatic N) is 2. The predicted molar refractivity (Wildman–Crippen MR) is 128 cm³/mol. The van der Waals surface area contributed by atoms with Crippen molar-refractivity contribution < 1.29 is 22.8 Å². The molecule has 178 valence electrons. The Kier molecular flexibility index (Phi) is 4.57. The number of methoxy groups -OCH3 is 1. The molecule has 1 aliphatic heterocycles. The molecule has 2 aromatic carbocycles. The van der Waals surface area contributed by atoms with Crippen LogP contribution in [0.1, 0.15) is 37.3 Å². The van der Waals surface area contributed by atoms with Gasteiger partial charge >= 0.3 is 0 Å². The van der Waals surface area contributed by atoms with Gasteiger partial charge in [0.05, 0.1) is 12.7 Å². The van der Waals surface area contributed by atoms with Gasteiger partial charge in [-0.1, -0.05) is 23.4 Å². The smallest absolute Gasteiger partial charge is 0.266 e. The van der Waals surface area contributed by atoms with E-state index in [9.17, 15) is 13.5 Å². The molecule has 9 heteroatoms. The van der Waals surface area contributed by atoms with Gasteiger partial charge in [0, 0.05) is 35.3 Å². The highest BCUT2D eigenvalue weighted by atomic mass is 32.2. The molecule has 1 saturated heterocycles. The van der Waals surface area contributed by atoms with Crippen LogP contribution in [0.2, 0.25) is 0 Å². The fourth-order valence-electron chi connectivity index (χ4n) is 5.36. The number of fused-ring (bicyclic) bond motifs is 4. The highest BCUT2D eigenvalue weighted by molar-refractivity contribution is 7.92. The zero-order valence-corrected chi connectivity index (χ0v) is 20.0. The van der Waals surface area contributed by atoms with E-state index in [4.69, 9.17) is 9.26 Å². The summed E-state index contributed by atoms with van der Waals surface area (Å²) in [6.07, 6.45) is 3.49. The number of hydrogen-bond acceptors (Lipinski definition) is 7. The number of aromatic nitrogens is 1. The number of aliphatic hydroxyl groups is 1. The molecule has 34 heavy (non-hydrogen) atoms. The van der Waals surface area contributed by atoms with Crippen LogP contribution in [0.5, 0.6) is 5.75 Å². The standard InChI is InChI=1S/C25H27N3O5S/c1-24(29)11-12-28(15-24)16-7-8-19-17(13-16)22-18(14-25(19)9-10-25)23(26-33-22)27-34(30,31)21-6-4-3-5-20(21)32-2/h3-8,13,29H,9-12,14-15H2,1-2H3,(H,26,27)/t24-/m0/s1. The highest BCUT2D eigenvalue weighted by Gasteiger charge is 2.51. The average Bonchev–Trinajstić information content (AvgIpc) is 3.34. The quantitative estimate of drug-likeness (QED) is 0.572. The normalized spacial score (nSPS) is 22.4. The molecule has 3 aliphatic rings. The molecule has 2 aliphatic carbocycles. The maximum atomic E-state index is 13.2. The van der Waals surface area contributed by atoms with E-state index in [1.165, 1.54) is 18.7 Å². The van der Waals surface area contributed by atoms with Crippen LogP contribution in [0.3, 0.4) is 0 Å². The monoisotopic (exact) mass is 481 g/mol. The minimum atomic E-state index is -3.92. The lowest BCUT2D eigenvalue weighted by Crippen LogP contribution is -2.29. The minimum absolute atomic E-state index is 0.00640. The predicted octanol–water partition coefficient (Wildman–Crippen LogP) is 3.70. The minimum Gasteiger partial charge on any atom is -0.495 e. The molecule has 1 spiro atoms. The summed E-state index contributed by atoms with van der Waals surface area (Å²) in [7, 11) is -2.48. The molecule has 2 fully saturated rings. The van der Waals surface area contributed by atoms with Crippen LogP contribution in [0.4, 0.5) is 11.5 Å². The average molecular weight is 482 g/mol. The molecule has 2 heterocycles. The second kappa shape index (κ2) is 7.23. The number of sulfonamides is 1. The number of hydrogen-bond donors (Lipinski definition) is 2. The van der Waals surface area contributed by atoms with Gasteiger partial charge in [0.25, 0.3) is 10.0 Å². The van der Waals surface area contributed by atoms with Gasteiger partial charge in [-0.25, -0.2) is 8.42 Å². The van der Waals surface area contributed by atoms with Crippen molar-refractivity contribution in [3.63, 3.8) is 0 Å². The molecule has 3 aromatic rings. The molecule has 0 unspecified atom stereocenters. The molecule has 8 nitrogen and oxygen atoms in total. The summed E-state index contributed by atoms with van der Waals surface area (Å²) in [5.41, 5.74) is 3.28. The summed E-state index contributed by atoms with van der Waals surface area (Å²) in [4.78, 5) is 2.23. The Balaban J connectivity index is 1.39. The van der Waals surface area contributed by atoms with E-state index in [1.807, 2.05) is 6.92 Å². The first-order chi connectivity index (χ1) is 16.2. The van der Waals surface area contributed by atoms with Crippen LogP contribution < -0.4 is 14.4 Å². The van der Waals surface area contributed by atoms with E-state index in [0.717, 1.165) is 42.6 Å². The number of ether oxygens (including phenoxy) is 1. The van der Waals surface area contributed by atoms with Crippen LogP contribution in [0, 0.1) is 0 Å². The lowest BCUT2D eigenvalue weighted by molar-refractivity contribution is 0.0839. The summed E-state index contributed by atoms with van der Waals surface area (Å²) in [6, 6.07) is 12.9. The van der Waals surface area contributed by atoms with E-state index < -0.39 is 15.6 Å². The Morgan fingerprint density at radius 2 is 1.97 bits per heavy atom. The molecule has 1 atom stereocenters. The lowest BCUT2D eigenvalue weighted by atomic mass is 9.79. The van der Waals surface area contributed by atoms with Gasteiger partial charge in [0.2, 0.25) is 0 Å². The second-order valence-electron chi connectivity index (χ2n) is 9.95. The van der Waals surface area contributed by atoms with Gasteiger partial charge in [-0.2, -0.15) is 0 Å². The van der Waals surface area contributed by atoms with Crippen molar-refractivity contribution in [2.75, 3.05) is 29.8 Å². The van der Waals surface area contributed by atoms with E-state index in [2.05, 4.69) is 33.0 Å². The Hall–Kier alpha value is -3.04. The molecule has 1 aromatic heterocycles. The fourth-order valence-corrected chi connectivity index (χ4v) is 6.56. The van der Waals surface area contributed by atoms with Crippen LogP contribution in [-0.2, 0) is 21.9 Å². The van der Waals surface area contributed by atoms with Crippen LogP contribution in [0.15, 0.2) is 51.9 Å². The van der Waals surface area contributed by atoms with Gasteiger partial charge in [0.1, 0.15) is 10.6 Å². The first kappa shape index (κ1) is 21.5. The van der Waals surface area contributed by atoms with Crippen LogP contribution in [-0.4, -0.2) is 44.5 Å². The van der Waals surface area contributed by atoms with Gasteiger partial charge in [-0.3, -0.25) is 4.72 Å². The molecule has 2 N–H and O–H groups in total. The first-order valence-electron chi connectivity index (χ1n) is 11.5. The zero-order valence-electron chi connectivity index (χ0n) is 19.2. The van der Waals surface area contributed by atoms with E-state index in [1.54, 1.807) is 18.2 Å². The molecule has 6 rings (SSSR count). The Morgan fingerprint density at radius 1 is 1.18 bits per heavy atom. The van der Waals surface area contributed by atoms with Crippen LogP contribution >= 0.6 is 0 Å². The van der Waals surface area contributed by atoms with Crippen molar-refractivity contribution in [2.45, 2.75) is 48.5 Å². The summed E-state index contributed by atoms with van der Waals surface area (Å²) >= 11 is 0. The SMILES string of the molecule is COc1ccccc1S(=O)(=O)Nc1noc2c1CC1(CC1)c1ccc(N3CC[C@](C)(O)C3)cc1-2. The largest absolute Gasteiger partial charge is 0.495 e. The number of β-amino-alcohol motifs (C(OH)–C–C–N with tert-alkyl or cyclic N) is 1. The van der Waals surface area contributed by atoms with Gasteiger partial charge in [-0.15, -0.1) is 0 Å². The van der Waals surface area contributed by atoms with Gasteiger partial charge in [-0.05, 0) is 62.4 Å². The molecule has 0 radical (unpaired) electrons. The summed E-state index contributed by atoms with van der Waals surface area (Å²) in [5.74, 6) is 1.10. The maximum Gasteiger partial charge on any atom is 0.266 e. The number of anilines is 2. The summed E-state index contributed by atoms with van der Waals surface area (Å²) < 4.78 is 40.0. The Labute approximate surface area is 198 Å². The third-order valence-corrected chi connectivity index (χ3v) is 8.76. The Morgan fingerprint density at radius 3 is 2.68 bits per heavy atom. The molecule has 0 bridgehead atoms. The van der Waals surface area contributed by atoms with Crippen molar-refractivity contribution in [1.29, 1.82) is 0 Å². The molecular formula is C25H27N3O5S. The first-order valence-corrected chi connectivity index (χ1v) is 13.0. The number of nitrogens with one attached hydrogen (secondary N) is 1. The van der Waals surface area contributed by atoms with E-state index in [0.29, 0.717) is 18.7 Å². The molecular weight excluding hydrogens is 454 g/mol. The van der Waals surface area contributed by atoms with Crippen molar-refractivity contribution >= 4 is 21.5 Å². The topological polar surface area (TPSA) is 105 Å². The zero-order chi connectivity index (χ0) is 23.7. The van der Waals surface area contributed by atoms with Crippen molar-refractivity contribution in [2.24, 2.45) is 0 Å². The van der Waals surface area contributed by atoms with Gasteiger partial charge < -0.3 is 19.3 Å². The fraction of sp³-hybridized carbons (Fsp3) is 0.400. The molecule has 0 amide bonds. The lowest BCUT2D eigenvalue weighted by Gasteiger charge is -2.27. The van der Waals surface area contributed by atoms with E-state index >= 15 is 0 Å². The van der Waals surface area contributed by atoms with Gasteiger partial charge in [0.15, 0.2) is 11.6 Å². The third-order valence-electron chi connectivity index (χ3n) is 7.38. The Bertz CT molecular complexity index is 1390. The number of rotatable bonds is 5. The van der Waals surface area contributed by atoms with Crippen molar-refractivity contribution in [3.8, 4) is 17.1 Å². The van der Waals surface area contributed by atoms with Crippen molar-refractivity contribution in [3.05, 3.63) is 53.6 Å². The summed E-state index contributed by atoms with van der Waals surface area (Å²) in [5, 5.41) is 14.6. The maximum absolute atomic E-state index is 13.2. The summed E-state index contributed by atoms with van der Waals surface area (Å²) in [6.45, 7) is 3.22. The number of para-hydroxylation sites is 1. The second-order valence-corrected chi connectivity index (χ2v) is 11.6. The number of benzene rings is 2. The van der Waals surface area contributed by atoms with Crippen molar-refractivity contribution in [1.82, 2.24) is 5.16 Å². The highest BCUT2D eigenvalue weighted by Crippen LogP contribution is 2.58. The third kappa shape index (κ3) is 3.37. The van der Waals surface area contributed by atoms with Crippen LogP contribution in [0.25, 0.3) is 11.3 Å². The van der Waals surface area contributed by atoms with E-state index in [-0.39, 0.29) is 21.9 Å².